The Bertz CT molecular complexity index is 603. The number of likely N-dealkylation sites (N-methyl/N-ethyl adjacent to an activating group) is 1. The minimum atomic E-state index is 0.566. The zero-order valence-corrected chi connectivity index (χ0v) is 15.4. The molecular formula is C18H30N5O3+. The van der Waals surface area contributed by atoms with Gasteiger partial charge in [-0.15, -0.1) is 0 Å². The highest BCUT2D eigenvalue weighted by Crippen LogP contribution is 2.15. The Labute approximate surface area is 154 Å². The van der Waals surface area contributed by atoms with E-state index in [-0.39, 0.29) is 0 Å². The molecule has 0 saturated carbocycles. The summed E-state index contributed by atoms with van der Waals surface area (Å²) in [4.78, 5) is 0. The number of nitrogen functional groups attached to an aromatic ring is 1. The van der Waals surface area contributed by atoms with Crippen LogP contribution < -0.4 is 15.7 Å². The molecule has 0 bridgehead atoms. The van der Waals surface area contributed by atoms with E-state index in [1.807, 2.05) is 35.1 Å². The normalized spacial score (nSPS) is 11.1. The van der Waals surface area contributed by atoms with Crippen LogP contribution in [0.15, 0.2) is 30.5 Å². The number of aromatic amines is 1. The molecule has 1 aromatic carbocycles. The molecule has 0 radical (unpaired) electrons. The fourth-order valence-electron chi connectivity index (χ4n) is 2.26. The molecule has 26 heavy (non-hydrogen) atoms. The van der Waals surface area contributed by atoms with E-state index >= 15 is 0 Å². The molecule has 1 aromatic heterocycles. The fourth-order valence-corrected chi connectivity index (χ4v) is 2.26. The van der Waals surface area contributed by atoms with Gasteiger partial charge in [-0.2, -0.15) is 4.68 Å². The second-order valence-electron chi connectivity index (χ2n) is 5.73. The lowest BCUT2D eigenvalue weighted by Crippen LogP contribution is -2.37. The Morgan fingerprint density at radius 3 is 2.35 bits per heavy atom. The van der Waals surface area contributed by atoms with E-state index in [0.29, 0.717) is 46.2 Å². The largest absolute Gasteiger partial charge is 0.399 e. The van der Waals surface area contributed by atoms with E-state index in [1.54, 1.807) is 0 Å². The molecule has 0 atom stereocenters. The second-order valence-corrected chi connectivity index (χ2v) is 5.73. The number of aromatic nitrogens is 3. The quantitative estimate of drug-likeness (QED) is 0.258. The number of hydrogen-bond donors (Lipinski definition) is 3. The predicted molar refractivity (Wildman–Crippen MR) is 99.6 cm³/mol. The number of benzene rings is 1. The number of nitrogens with one attached hydrogen (secondary N) is 2. The van der Waals surface area contributed by atoms with Crippen molar-refractivity contribution < 1.29 is 18.9 Å². The standard InChI is InChI=1S/C18H29N5O3/c1-2-20-7-9-24-11-13-26-14-12-25-10-8-23-15-18(21-22-23)16-3-5-17(19)6-4-16/h3-6,15,20H,2,7-14,19H2,1H3/p+1. The van der Waals surface area contributed by atoms with Crippen molar-refractivity contribution in [2.75, 3.05) is 58.5 Å². The van der Waals surface area contributed by atoms with Crippen molar-refractivity contribution in [2.45, 2.75) is 13.5 Å². The summed E-state index contributed by atoms with van der Waals surface area (Å²) < 4.78 is 18.3. The average molecular weight is 364 g/mol. The maximum Gasteiger partial charge on any atom is 0.248 e. The second kappa shape index (κ2) is 12.4. The summed E-state index contributed by atoms with van der Waals surface area (Å²) >= 11 is 0. The third kappa shape index (κ3) is 7.92. The van der Waals surface area contributed by atoms with Crippen LogP contribution in [0, 0.1) is 0 Å². The molecule has 2 rings (SSSR count). The van der Waals surface area contributed by atoms with Crippen LogP contribution in [0.4, 0.5) is 5.69 Å². The van der Waals surface area contributed by atoms with Gasteiger partial charge < -0.3 is 25.3 Å². The van der Waals surface area contributed by atoms with Gasteiger partial charge in [-0.3, -0.25) is 0 Å². The highest BCUT2D eigenvalue weighted by atomic mass is 16.5. The van der Waals surface area contributed by atoms with Gasteiger partial charge in [-0.1, -0.05) is 12.1 Å². The van der Waals surface area contributed by atoms with Crippen LogP contribution in [0.2, 0.25) is 0 Å². The monoisotopic (exact) mass is 364 g/mol. The maximum absolute atomic E-state index is 5.70. The van der Waals surface area contributed by atoms with Crippen LogP contribution >= 0.6 is 0 Å². The van der Waals surface area contributed by atoms with Crippen molar-refractivity contribution in [1.82, 2.24) is 15.6 Å². The van der Waals surface area contributed by atoms with Gasteiger partial charge in [0.1, 0.15) is 6.54 Å². The molecule has 8 heteroatoms. The first kappa shape index (κ1) is 20.3. The van der Waals surface area contributed by atoms with Gasteiger partial charge in [0, 0.05) is 22.9 Å². The van der Waals surface area contributed by atoms with Gasteiger partial charge in [0.2, 0.25) is 5.69 Å². The molecular weight excluding hydrogens is 334 g/mol. The molecule has 4 N–H and O–H groups in total. The third-order valence-corrected chi connectivity index (χ3v) is 3.68. The summed E-state index contributed by atoms with van der Waals surface area (Å²) in [6, 6.07) is 7.64. The number of ether oxygens (including phenoxy) is 3. The van der Waals surface area contributed by atoms with Crippen molar-refractivity contribution in [1.29, 1.82) is 0 Å². The molecule has 0 spiro atoms. The minimum Gasteiger partial charge on any atom is -0.399 e. The van der Waals surface area contributed by atoms with Crippen molar-refractivity contribution in [3.8, 4) is 11.3 Å². The number of H-pyrrole nitrogens is 1. The molecule has 0 unspecified atom stereocenters. The highest BCUT2D eigenvalue weighted by Gasteiger charge is 2.11. The van der Waals surface area contributed by atoms with E-state index in [4.69, 9.17) is 19.9 Å². The lowest BCUT2D eigenvalue weighted by atomic mass is 10.1. The summed E-state index contributed by atoms with van der Waals surface area (Å²) in [5.74, 6) is 0. The van der Waals surface area contributed by atoms with Gasteiger partial charge in [-0.05, 0) is 30.8 Å². The topological polar surface area (TPSA) is 98.3 Å². The molecule has 0 aliphatic heterocycles. The summed E-state index contributed by atoms with van der Waals surface area (Å²) in [5.41, 5.74) is 8.34. The number of nitrogens with zero attached hydrogens (tertiary/aromatic N) is 2. The lowest BCUT2D eigenvalue weighted by Gasteiger charge is -2.06. The van der Waals surface area contributed by atoms with Gasteiger partial charge in [0.25, 0.3) is 0 Å². The van der Waals surface area contributed by atoms with Crippen molar-refractivity contribution in [3.05, 3.63) is 30.5 Å². The first-order chi connectivity index (χ1) is 12.8. The third-order valence-electron chi connectivity index (χ3n) is 3.68. The zero-order valence-electron chi connectivity index (χ0n) is 15.4. The van der Waals surface area contributed by atoms with Crippen LogP contribution in [0.1, 0.15) is 6.92 Å². The van der Waals surface area contributed by atoms with E-state index in [2.05, 4.69) is 22.6 Å². The van der Waals surface area contributed by atoms with Crippen LogP contribution in [0.3, 0.4) is 0 Å². The molecule has 0 saturated heterocycles. The van der Waals surface area contributed by atoms with Crippen molar-refractivity contribution >= 4 is 5.69 Å². The summed E-state index contributed by atoms with van der Waals surface area (Å²) in [7, 11) is 0. The number of hydrogen-bond acceptors (Lipinski definition) is 6. The summed E-state index contributed by atoms with van der Waals surface area (Å²) in [5, 5.41) is 10.5. The van der Waals surface area contributed by atoms with E-state index in [1.165, 1.54) is 0 Å². The Morgan fingerprint density at radius 1 is 1.00 bits per heavy atom. The predicted octanol–water partition coefficient (Wildman–Crippen LogP) is 0.606. The smallest absolute Gasteiger partial charge is 0.248 e. The minimum absolute atomic E-state index is 0.566. The summed E-state index contributed by atoms with van der Waals surface area (Å²) in [6.45, 7) is 8.28. The average Bonchev–Trinajstić information content (AvgIpc) is 3.12. The first-order valence-corrected chi connectivity index (χ1v) is 9.04. The molecule has 144 valence electrons. The zero-order chi connectivity index (χ0) is 18.5. The molecule has 1 heterocycles. The Hall–Kier alpha value is -2.00. The Balaban J connectivity index is 1.48. The van der Waals surface area contributed by atoms with Crippen LogP contribution in [0.25, 0.3) is 11.3 Å². The molecule has 8 nitrogen and oxygen atoms in total. The van der Waals surface area contributed by atoms with Crippen LogP contribution in [-0.2, 0) is 20.8 Å². The molecule has 2 aromatic rings. The Kier molecular flexibility index (Phi) is 9.66. The van der Waals surface area contributed by atoms with Gasteiger partial charge >= 0.3 is 0 Å². The number of anilines is 1. The maximum atomic E-state index is 5.70. The van der Waals surface area contributed by atoms with E-state index in [0.717, 1.165) is 30.0 Å². The van der Waals surface area contributed by atoms with Crippen molar-refractivity contribution in [2.24, 2.45) is 0 Å². The SMILES string of the molecule is CCNCCOCCOCCOCC[n+]1cc(-c2ccc(N)cc2)n[nH]1. The van der Waals surface area contributed by atoms with E-state index < -0.39 is 0 Å². The van der Waals surface area contributed by atoms with Crippen molar-refractivity contribution in [3.63, 3.8) is 0 Å². The van der Waals surface area contributed by atoms with E-state index in [9.17, 15) is 0 Å². The van der Waals surface area contributed by atoms with Crippen LogP contribution in [0.5, 0.6) is 0 Å². The molecule has 0 aliphatic rings. The lowest BCUT2D eigenvalue weighted by molar-refractivity contribution is -0.754. The number of nitrogens with two attached hydrogens (primary N) is 1. The highest BCUT2D eigenvalue weighted by molar-refractivity contribution is 5.60. The molecule has 0 fully saturated rings. The molecule has 0 aliphatic carbocycles. The van der Waals surface area contributed by atoms with Gasteiger partial charge in [0.05, 0.1) is 39.6 Å². The van der Waals surface area contributed by atoms with Gasteiger partial charge in [0.15, 0.2) is 6.20 Å². The fraction of sp³-hybridized carbons (Fsp3) is 0.556. The number of rotatable bonds is 14. The van der Waals surface area contributed by atoms with Crippen LogP contribution in [-0.4, -0.2) is 63.0 Å². The van der Waals surface area contributed by atoms with Gasteiger partial charge in [-0.25, -0.2) is 0 Å². The first-order valence-electron chi connectivity index (χ1n) is 9.04. The Morgan fingerprint density at radius 2 is 1.65 bits per heavy atom. The molecule has 0 amide bonds. The summed E-state index contributed by atoms with van der Waals surface area (Å²) in [6.07, 6.45) is 1.95.